The maximum atomic E-state index is 12.6. The summed E-state index contributed by atoms with van der Waals surface area (Å²) < 4.78 is 21.5. The fourth-order valence-corrected chi connectivity index (χ4v) is 4.73. The minimum absolute atomic E-state index is 0.00995. The average Bonchev–Trinajstić information content (AvgIpc) is 2.91. The Labute approximate surface area is 225 Å². The van der Waals surface area contributed by atoms with E-state index in [1.807, 2.05) is 0 Å². The fourth-order valence-electron chi connectivity index (χ4n) is 4.73. The molecule has 6 N–H and O–H groups in total. The Hall–Kier alpha value is -4.43. The second kappa shape index (κ2) is 10.6. The Morgan fingerprint density at radius 1 is 0.925 bits per heavy atom. The van der Waals surface area contributed by atoms with Gasteiger partial charge < -0.3 is 49.6 Å². The summed E-state index contributed by atoms with van der Waals surface area (Å²) in [6.07, 6.45) is -9.50. The van der Waals surface area contributed by atoms with E-state index in [0.29, 0.717) is 22.1 Å². The van der Waals surface area contributed by atoms with Gasteiger partial charge in [-0.2, -0.15) is 0 Å². The number of aliphatic carboxylic acids is 1. The van der Waals surface area contributed by atoms with Crippen LogP contribution in [0.5, 0.6) is 17.2 Å². The Morgan fingerprint density at radius 3 is 2.33 bits per heavy atom. The molecule has 210 valence electrons. The standard InChI is InChI=1S/C27H24O13/c28-13-3-1-11(2-4-13)14-5-6-15-20-12(9-38-26(15)36)7-16(29)25(21(14)20)40-27-24(35)23(34)22(33)17(39-27)10-37-19(32)8-18(30)31/h1-7,17,22-24,27-29,33-35H,8-10H2,(H,30,31)/t17-,22-,23+,24-,27+/m1/s1. The second-order valence-electron chi connectivity index (χ2n) is 9.30. The van der Waals surface area contributed by atoms with Gasteiger partial charge in [0.25, 0.3) is 0 Å². The van der Waals surface area contributed by atoms with Crippen molar-refractivity contribution >= 4 is 28.7 Å². The molecule has 5 atom stereocenters. The van der Waals surface area contributed by atoms with Crippen LogP contribution in [0.15, 0.2) is 42.5 Å². The molecular formula is C27H24O13. The van der Waals surface area contributed by atoms with E-state index in [0.717, 1.165) is 0 Å². The lowest BCUT2D eigenvalue weighted by atomic mass is 9.90. The summed E-state index contributed by atoms with van der Waals surface area (Å²) in [5.74, 6) is -3.80. The number of benzene rings is 3. The van der Waals surface area contributed by atoms with Gasteiger partial charge in [-0.05, 0) is 35.4 Å². The number of carboxylic acids is 1. The molecule has 40 heavy (non-hydrogen) atoms. The zero-order valence-electron chi connectivity index (χ0n) is 20.6. The normalized spacial score (nSPS) is 23.9. The molecule has 2 aliphatic heterocycles. The molecule has 0 bridgehead atoms. The molecule has 3 aromatic carbocycles. The lowest BCUT2D eigenvalue weighted by Gasteiger charge is -2.40. The molecule has 13 heteroatoms. The summed E-state index contributed by atoms with van der Waals surface area (Å²) >= 11 is 0. The molecule has 5 rings (SSSR count). The van der Waals surface area contributed by atoms with E-state index in [1.165, 1.54) is 18.2 Å². The number of carbonyl (C=O) groups is 3. The van der Waals surface area contributed by atoms with E-state index < -0.39 is 67.4 Å². The number of phenols is 2. The number of aliphatic hydroxyl groups excluding tert-OH is 3. The number of hydrogen-bond donors (Lipinski definition) is 6. The van der Waals surface area contributed by atoms with E-state index >= 15 is 0 Å². The Bertz CT molecular complexity index is 1480. The molecule has 1 fully saturated rings. The molecule has 0 amide bonds. The fraction of sp³-hybridized carbons (Fsp3) is 0.296. The Kier molecular flexibility index (Phi) is 7.21. The van der Waals surface area contributed by atoms with Crippen molar-refractivity contribution in [3.05, 3.63) is 53.6 Å². The highest BCUT2D eigenvalue weighted by atomic mass is 16.7. The topological polar surface area (TPSA) is 210 Å². The summed E-state index contributed by atoms with van der Waals surface area (Å²) in [5, 5.41) is 61.6. The number of aromatic hydroxyl groups is 2. The molecule has 0 aliphatic carbocycles. The third-order valence-electron chi connectivity index (χ3n) is 6.66. The van der Waals surface area contributed by atoms with E-state index in [4.69, 9.17) is 24.1 Å². The number of ether oxygens (including phenoxy) is 4. The lowest BCUT2D eigenvalue weighted by molar-refractivity contribution is -0.278. The van der Waals surface area contributed by atoms with Crippen LogP contribution in [0.2, 0.25) is 0 Å². The van der Waals surface area contributed by atoms with Crippen LogP contribution in [0.4, 0.5) is 0 Å². The number of carbonyl (C=O) groups excluding carboxylic acids is 2. The molecule has 0 radical (unpaired) electrons. The van der Waals surface area contributed by atoms with Crippen molar-refractivity contribution in [2.75, 3.05) is 6.61 Å². The predicted octanol–water partition coefficient (Wildman–Crippen LogP) is 0.793. The molecule has 3 aromatic rings. The van der Waals surface area contributed by atoms with Gasteiger partial charge in [0, 0.05) is 16.3 Å². The van der Waals surface area contributed by atoms with Crippen LogP contribution in [0.25, 0.3) is 21.9 Å². The van der Waals surface area contributed by atoms with Crippen molar-refractivity contribution in [3.8, 4) is 28.4 Å². The maximum Gasteiger partial charge on any atom is 0.339 e. The van der Waals surface area contributed by atoms with Crippen LogP contribution in [0.3, 0.4) is 0 Å². The molecule has 2 heterocycles. The van der Waals surface area contributed by atoms with Gasteiger partial charge in [0.1, 0.15) is 49.8 Å². The van der Waals surface area contributed by atoms with Crippen molar-refractivity contribution in [2.45, 2.75) is 43.7 Å². The van der Waals surface area contributed by atoms with E-state index in [2.05, 4.69) is 0 Å². The zero-order valence-corrected chi connectivity index (χ0v) is 20.6. The highest BCUT2D eigenvalue weighted by Crippen LogP contribution is 2.46. The monoisotopic (exact) mass is 556 g/mol. The molecule has 0 unspecified atom stereocenters. The number of cyclic esters (lactones) is 1. The zero-order chi connectivity index (χ0) is 28.7. The summed E-state index contributed by atoms with van der Waals surface area (Å²) in [6, 6.07) is 10.6. The van der Waals surface area contributed by atoms with Crippen LogP contribution in [-0.2, 0) is 30.4 Å². The largest absolute Gasteiger partial charge is 0.508 e. The van der Waals surface area contributed by atoms with Crippen molar-refractivity contribution < 1.29 is 64.0 Å². The number of esters is 2. The summed E-state index contributed by atoms with van der Waals surface area (Å²) in [5.41, 5.74) is 1.71. The van der Waals surface area contributed by atoms with Gasteiger partial charge in [-0.25, -0.2) is 4.79 Å². The maximum absolute atomic E-state index is 12.6. The number of rotatable bonds is 7. The number of aliphatic hydroxyl groups is 3. The molecule has 0 aromatic heterocycles. The van der Waals surface area contributed by atoms with Gasteiger partial charge in [-0.15, -0.1) is 0 Å². The Morgan fingerprint density at radius 2 is 1.62 bits per heavy atom. The van der Waals surface area contributed by atoms with Crippen molar-refractivity contribution in [1.29, 1.82) is 0 Å². The first-order valence-corrected chi connectivity index (χ1v) is 12.1. The minimum atomic E-state index is -1.84. The molecule has 0 spiro atoms. The third kappa shape index (κ3) is 4.98. The van der Waals surface area contributed by atoms with Crippen molar-refractivity contribution in [1.82, 2.24) is 0 Å². The number of carboxylic acid groups (broad SMARTS) is 1. The number of hydrogen-bond acceptors (Lipinski definition) is 12. The second-order valence-corrected chi connectivity index (χ2v) is 9.30. The van der Waals surface area contributed by atoms with Crippen LogP contribution in [0.1, 0.15) is 22.3 Å². The van der Waals surface area contributed by atoms with Gasteiger partial charge >= 0.3 is 17.9 Å². The average molecular weight is 556 g/mol. The van der Waals surface area contributed by atoms with Gasteiger partial charge in [0.2, 0.25) is 6.29 Å². The summed E-state index contributed by atoms with van der Waals surface area (Å²) in [6.45, 7) is -0.802. The number of phenolic OH excluding ortho intramolecular Hbond substituents is 2. The minimum Gasteiger partial charge on any atom is -0.508 e. The van der Waals surface area contributed by atoms with E-state index in [-0.39, 0.29) is 29.1 Å². The molecule has 1 saturated heterocycles. The highest BCUT2D eigenvalue weighted by molar-refractivity contribution is 6.14. The van der Waals surface area contributed by atoms with Crippen molar-refractivity contribution in [2.24, 2.45) is 0 Å². The van der Waals surface area contributed by atoms with E-state index in [9.17, 15) is 39.9 Å². The summed E-state index contributed by atoms with van der Waals surface area (Å²) in [7, 11) is 0. The lowest BCUT2D eigenvalue weighted by Crippen LogP contribution is -2.60. The third-order valence-corrected chi connectivity index (χ3v) is 6.66. The Balaban J connectivity index is 1.56. The first-order chi connectivity index (χ1) is 19.0. The highest BCUT2D eigenvalue weighted by Gasteiger charge is 2.46. The van der Waals surface area contributed by atoms with Crippen LogP contribution < -0.4 is 4.74 Å². The van der Waals surface area contributed by atoms with Crippen LogP contribution in [-0.4, -0.2) is 85.9 Å². The predicted molar refractivity (Wildman–Crippen MR) is 132 cm³/mol. The first-order valence-electron chi connectivity index (χ1n) is 12.1. The van der Waals surface area contributed by atoms with Gasteiger partial charge in [-0.3, -0.25) is 9.59 Å². The summed E-state index contributed by atoms with van der Waals surface area (Å²) in [4.78, 5) is 34.9. The van der Waals surface area contributed by atoms with Gasteiger partial charge in [0.05, 0.1) is 5.56 Å². The quantitative estimate of drug-likeness (QED) is 0.176. The first kappa shape index (κ1) is 27.1. The SMILES string of the molecule is O=C(O)CC(=O)OC[C@H]1O[C@@H](Oc2c(O)cc3c4c(ccc(-c5ccc(O)cc5)c24)C(=O)OC3)[C@H](O)[C@@H](O)[C@@H]1O. The van der Waals surface area contributed by atoms with Crippen LogP contribution in [0, 0.1) is 0 Å². The molecule has 0 saturated carbocycles. The molecule has 2 aliphatic rings. The van der Waals surface area contributed by atoms with Crippen LogP contribution >= 0.6 is 0 Å². The smallest absolute Gasteiger partial charge is 0.339 e. The molecular weight excluding hydrogens is 532 g/mol. The molecule has 13 nitrogen and oxygen atoms in total. The van der Waals surface area contributed by atoms with E-state index in [1.54, 1.807) is 24.3 Å². The van der Waals surface area contributed by atoms with Crippen molar-refractivity contribution in [3.63, 3.8) is 0 Å². The van der Waals surface area contributed by atoms with Gasteiger partial charge in [-0.1, -0.05) is 18.2 Å². The van der Waals surface area contributed by atoms with Gasteiger partial charge in [0.15, 0.2) is 11.5 Å².